The average Bonchev–Trinajstić information content (AvgIpc) is 2.40. The minimum atomic E-state index is -0.774. The van der Waals surface area contributed by atoms with Crippen LogP contribution >= 0.6 is 0 Å². The number of hydrogen-bond acceptors (Lipinski definition) is 1. The SMILES string of the molecule is Cc1ccc(CC(C(=O)O)c2ccccc2)cc1C. The molecular weight excluding hydrogens is 236 g/mol. The molecule has 2 aromatic carbocycles. The van der Waals surface area contributed by atoms with Gasteiger partial charge in [0.25, 0.3) is 0 Å². The number of carboxylic acids is 1. The first-order valence-corrected chi connectivity index (χ1v) is 6.42. The molecule has 2 nitrogen and oxygen atoms in total. The Morgan fingerprint density at radius 1 is 1.05 bits per heavy atom. The molecule has 2 heteroatoms. The van der Waals surface area contributed by atoms with Crippen molar-refractivity contribution in [3.8, 4) is 0 Å². The molecule has 0 aliphatic rings. The fourth-order valence-corrected chi connectivity index (χ4v) is 2.20. The summed E-state index contributed by atoms with van der Waals surface area (Å²) in [5.74, 6) is -1.26. The summed E-state index contributed by atoms with van der Waals surface area (Å²) in [7, 11) is 0. The van der Waals surface area contributed by atoms with Gasteiger partial charge in [-0.25, -0.2) is 0 Å². The molecule has 0 saturated heterocycles. The monoisotopic (exact) mass is 254 g/mol. The van der Waals surface area contributed by atoms with Gasteiger partial charge in [-0.2, -0.15) is 0 Å². The highest BCUT2D eigenvalue weighted by Gasteiger charge is 2.20. The number of benzene rings is 2. The zero-order chi connectivity index (χ0) is 13.8. The lowest BCUT2D eigenvalue weighted by molar-refractivity contribution is -0.138. The average molecular weight is 254 g/mol. The van der Waals surface area contributed by atoms with E-state index in [1.165, 1.54) is 11.1 Å². The maximum absolute atomic E-state index is 11.5. The van der Waals surface area contributed by atoms with E-state index < -0.39 is 11.9 Å². The third-order valence-electron chi connectivity index (χ3n) is 3.51. The van der Waals surface area contributed by atoms with Crippen LogP contribution in [-0.2, 0) is 11.2 Å². The number of aryl methyl sites for hydroxylation is 2. The van der Waals surface area contributed by atoms with Crippen LogP contribution in [0, 0.1) is 13.8 Å². The fourth-order valence-electron chi connectivity index (χ4n) is 2.20. The van der Waals surface area contributed by atoms with Gasteiger partial charge >= 0.3 is 5.97 Å². The van der Waals surface area contributed by atoms with Crippen molar-refractivity contribution in [3.63, 3.8) is 0 Å². The minimum Gasteiger partial charge on any atom is -0.481 e. The van der Waals surface area contributed by atoms with Gasteiger partial charge in [0.05, 0.1) is 5.92 Å². The van der Waals surface area contributed by atoms with Gasteiger partial charge in [-0.3, -0.25) is 4.79 Å². The van der Waals surface area contributed by atoms with Crippen LogP contribution in [0.2, 0.25) is 0 Å². The molecule has 1 atom stereocenters. The third kappa shape index (κ3) is 3.22. The van der Waals surface area contributed by atoms with Crippen molar-refractivity contribution in [2.24, 2.45) is 0 Å². The first kappa shape index (κ1) is 13.3. The van der Waals surface area contributed by atoms with Crippen LogP contribution in [0.3, 0.4) is 0 Å². The highest BCUT2D eigenvalue weighted by Crippen LogP contribution is 2.22. The predicted molar refractivity (Wildman–Crippen MR) is 76.4 cm³/mol. The van der Waals surface area contributed by atoms with E-state index in [0.29, 0.717) is 6.42 Å². The Hall–Kier alpha value is -2.09. The molecule has 2 aromatic rings. The molecule has 0 radical (unpaired) electrons. The smallest absolute Gasteiger partial charge is 0.311 e. The van der Waals surface area contributed by atoms with E-state index >= 15 is 0 Å². The van der Waals surface area contributed by atoms with Crippen LogP contribution in [-0.4, -0.2) is 11.1 Å². The van der Waals surface area contributed by atoms with Gasteiger partial charge in [0, 0.05) is 0 Å². The highest BCUT2D eigenvalue weighted by molar-refractivity contribution is 5.76. The van der Waals surface area contributed by atoms with E-state index in [2.05, 4.69) is 26.0 Å². The van der Waals surface area contributed by atoms with Gasteiger partial charge < -0.3 is 5.11 Å². The lowest BCUT2D eigenvalue weighted by Crippen LogP contribution is -2.14. The molecular formula is C17H18O2. The van der Waals surface area contributed by atoms with Crippen LogP contribution in [0.5, 0.6) is 0 Å². The summed E-state index contributed by atoms with van der Waals surface area (Å²) in [4.78, 5) is 11.5. The summed E-state index contributed by atoms with van der Waals surface area (Å²) in [5.41, 5.74) is 4.36. The first-order chi connectivity index (χ1) is 9.08. The second-order valence-electron chi connectivity index (χ2n) is 4.92. The number of carboxylic acid groups (broad SMARTS) is 1. The van der Waals surface area contributed by atoms with E-state index in [1.807, 2.05) is 36.4 Å². The summed E-state index contributed by atoms with van der Waals surface area (Å²) in [6, 6.07) is 15.6. The van der Waals surface area contributed by atoms with Crippen LogP contribution < -0.4 is 0 Å². The second-order valence-corrected chi connectivity index (χ2v) is 4.92. The van der Waals surface area contributed by atoms with Crippen molar-refractivity contribution in [3.05, 3.63) is 70.8 Å². The van der Waals surface area contributed by atoms with E-state index in [-0.39, 0.29) is 0 Å². The lowest BCUT2D eigenvalue weighted by atomic mass is 9.91. The Kier molecular flexibility index (Phi) is 4.00. The van der Waals surface area contributed by atoms with Gasteiger partial charge in [-0.1, -0.05) is 48.5 Å². The molecule has 2 rings (SSSR count). The molecule has 0 bridgehead atoms. The summed E-state index contributed by atoms with van der Waals surface area (Å²) in [6.07, 6.45) is 0.528. The van der Waals surface area contributed by atoms with Crippen LogP contribution in [0.15, 0.2) is 48.5 Å². The normalized spacial score (nSPS) is 12.1. The Bertz CT molecular complexity index is 573. The molecule has 1 unspecified atom stereocenters. The predicted octanol–water partition coefficient (Wildman–Crippen LogP) is 3.71. The van der Waals surface area contributed by atoms with Gasteiger partial charge in [0.2, 0.25) is 0 Å². The number of aliphatic carboxylic acids is 1. The molecule has 0 aliphatic heterocycles. The van der Waals surface area contributed by atoms with Crippen molar-refractivity contribution in [1.82, 2.24) is 0 Å². The zero-order valence-corrected chi connectivity index (χ0v) is 11.3. The van der Waals surface area contributed by atoms with Crippen LogP contribution in [0.25, 0.3) is 0 Å². The molecule has 1 N–H and O–H groups in total. The van der Waals surface area contributed by atoms with E-state index in [1.54, 1.807) is 0 Å². The van der Waals surface area contributed by atoms with Gasteiger partial charge in [-0.05, 0) is 42.5 Å². The van der Waals surface area contributed by atoms with Crippen LogP contribution in [0.1, 0.15) is 28.2 Å². The van der Waals surface area contributed by atoms with Crippen molar-refractivity contribution in [2.45, 2.75) is 26.2 Å². The van der Waals surface area contributed by atoms with Gasteiger partial charge in [0.1, 0.15) is 0 Å². The Morgan fingerprint density at radius 3 is 2.32 bits per heavy atom. The Balaban J connectivity index is 2.27. The molecule has 0 aromatic heterocycles. The maximum atomic E-state index is 11.5. The van der Waals surface area contributed by atoms with Crippen molar-refractivity contribution in [2.75, 3.05) is 0 Å². The van der Waals surface area contributed by atoms with Crippen molar-refractivity contribution in [1.29, 1.82) is 0 Å². The quantitative estimate of drug-likeness (QED) is 0.903. The summed E-state index contributed by atoms with van der Waals surface area (Å²) in [6.45, 7) is 4.11. The molecule has 0 saturated carbocycles. The van der Waals surface area contributed by atoms with E-state index in [4.69, 9.17) is 0 Å². The summed E-state index contributed by atoms with van der Waals surface area (Å²) >= 11 is 0. The van der Waals surface area contributed by atoms with Gasteiger partial charge in [-0.15, -0.1) is 0 Å². The van der Waals surface area contributed by atoms with Crippen LogP contribution in [0.4, 0.5) is 0 Å². The minimum absolute atomic E-state index is 0.483. The Labute approximate surface area is 113 Å². The molecule has 0 aliphatic carbocycles. The molecule has 0 spiro atoms. The lowest BCUT2D eigenvalue weighted by Gasteiger charge is -2.13. The van der Waals surface area contributed by atoms with Crippen molar-refractivity contribution < 1.29 is 9.90 Å². The molecule has 98 valence electrons. The topological polar surface area (TPSA) is 37.3 Å². The summed E-state index contributed by atoms with van der Waals surface area (Å²) in [5, 5.41) is 9.41. The number of carbonyl (C=O) groups is 1. The first-order valence-electron chi connectivity index (χ1n) is 6.42. The zero-order valence-electron chi connectivity index (χ0n) is 11.3. The van der Waals surface area contributed by atoms with E-state index in [0.717, 1.165) is 11.1 Å². The van der Waals surface area contributed by atoms with E-state index in [9.17, 15) is 9.90 Å². The van der Waals surface area contributed by atoms with Crippen molar-refractivity contribution >= 4 is 5.97 Å². The third-order valence-corrected chi connectivity index (χ3v) is 3.51. The highest BCUT2D eigenvalue weighted by atomic mass is 16.4. The van der Waals surface area contributed by atoms with Gasteiger partial charge in [0.15, 0.2) is 0 Å². The molecule has 0 amide bonds. The largest absolute Gasteiger partial charge is 0.481 e. The summed E-state index contributed by atoms with van der Waals surface area (Å²) < 4.78 is 0. The maximum Gasteiger partial charge on any atom is 0.311 e. The fraction of sp³-hybridized carbons (Fsp3) is 0.235. The second kappa shape index (κ2) is 5.70. The number of rotatable bonds is 4. The molecule has 0 fully saturated rings. The standard InChI is InChI=1S/C17H18O2/c1-12-8-9-14(10-13(12)2)11-16(17(18)19)15-6-4-3-5-7-15/h3-10,16H,11H2,1-2H3,(H,18,19). The Morgan fingerprint density at radius 2 is 1.74 bits per heavy atom. The molecule has 19 heavy (non-hydrogen) atoms. The number of hydrogen-bond donors (Lipinski definition) is 1. The molecule has 0 heterocycles.